The maximum Gasteiger partial charge on any atom is 0.418 e. The second-order valence-electron chi connectivity index (χ2n) is 7.19. The van der Waals surface area contributed by atoms with Crippen LogP contribution in [0.4, 0.5) is 18.9 Å². The Hall–Kier alpha value is -2.13. The van der Waals surface area contributed by atoms with Crippen molar-refractivity contribution in [1.29, 1.82) is 0 Å². The fourth-order valence-corrected chi connectivity index (χ4v) is 4.01. The molecule has 0 unspecified atom stereocenters. The number of aliphatic hydroxyl groups excluding tert-OH is 1. The number of amides is 1. The van der Waals surface area contributed by atoms with Crippen molar-refractivity contribution in [3.63, 3.8) is 0 Å². The normalized spacial score (nSPS) is 14.1. The molecule has 0 spiro atoms. The van der Waals surface area contributed by atoms with Crippen LogP contribution in [-0.2, 0) is 17.4 Å². The van der Waals surface area contributed by atoms with Crippen LogP contribution in [0.25, 0.3) is 0 Å². The van der Waals surface area contributed by atoms with E-state index < -0.39 is 11.7 Å². The van der Waals surface area contributed by atoms with Crippen LogP contribution in [0, 0.1) is 12.8 Å². The van der Waals surface area contributed by atoms with Crippen LogP contribution < -0.4 is 5.32 Å². The van der Waals surface area contributed by atoms with Gasteiger partial charge in [-0.2, -0.15) is 13.2 Å². The van der Waals surface area contributed by atoms with Gasteiger partial charge < -0.3 is 15.3 Å². The molecule has 9 heteroatoms. The molecule has 1 fully saturated rings. The zero-order chi connectivity index (χ0) is 24.1. The molecule has 2 N–H and O–H groups in total. The highest BCUT2D eigenvalue weighted by molar-refractivity contribution is 7.11. The number of nitrogens with one attached hydrogen (secondary N) is 1. The summed E-state index contributed by atoms with van der Waals surface area (Å²) in [4.78, 5) is 18.2. The first-order valence-corrected chi connectivity index (χ1v) is 11.7. The van der Waals surface area contributed by atoms with E-state index in [1.165, 1.54) is 19.1 Å². The lowest BCUT2D eigenvalue weighted by atomic mass is 9.96. The summed E-state index contributed by atoms with van der Waals surface area (Å²) in [5.41, 5.74) is -0.509. The van der Waals surface area contributed by atoms with E-state index in [1.807, 2.05) is 27.0 Å². The minimum Gasteiger partial charge on any atom is -0.396 e. The number of para-hydroxylation sites is 1. The lowest BCUT2D eigenvalue weighted by molar-refractivity contribution is -0.137. The van der Waals surface area contributed by atoms with Crippen molar-refractivity contribution in [3.8, 4) is 0 Å². The Morgan fingerprint density at radius 1 is 1.25 bits per heavy atom. The first-order chi connectivity index (χ1) is 15.2. The molecule has 0 radical (unpaired) electrons. The number of hydrogen-bond donors (Lipinski definition) is 2. The zero-order valence-corrected chi connectivity index (χ0v) is 20.0. The number of carbonyl (C=O) groups is 1. The number of aryl methyl sites for hydroxylation is 1. The van der Waals surface area contributed by atoms with E-state index in [0.717, 1.165) is 35.2 Å². The number of halogens is 3. The third-order valence-corrected chi connectivity index (χ3v) is 5.87. The van der Waals surface area contributed by atoms with Crippen LogP contribution in [0.3, 0.4) is 0 Å². The fraction of sp³-hybridized carbons (Fsp3) is 0.565. The van der Waals surface area contributed by atoms with Gasteiger partial charge in [-0.1, -0.05) is 26.0 Å². The summed E-state index contributed by atoms with van der Waals surface area (Å²) in [5.74, 6) is 0.353. The Morgan fingerprint density at radius 2 is 1.88 bits per heavy atom. The molecule has 2 aromatic rings. The van der Waals surface area contributed by atoms with Crippen molar-refractivity contribution in [3.05, 3.63) is 45.9 Å². The molecular formula is C23H34F3N3O2S. The maximum atomic E-state index is 12.9. The highest BCUT2D eigenvalue weighted by Crippen LogP contribution is 2.34. The number of thiazole rings is 1. The average Bonchev–Trinajstić information content (AvgIpc) is 3.19. The van der Waals surface area contributed by atoms with E-state index in [2.05, 4.69) is 10.3 Å². The van der Waals surface area contributed by atoms with E-state index >= 15 is 0 Å². The van der Waals surface area contributed by atoms with Crippen LogP contribution in [0.1, 0.15) is 49.1 Å². The number of rotatable bonds is 5. The summed E-state index contributed by atoms with van der Waals surface area (Å²) in [6.07, 6.45) is -0.148. The number of aliphatic hydroxyl groups is 1. The fourth-order valence-electron chi connectivity index (χ4n) is 3.22. The number of carbonyl (C=O) groups excluding carboxylic acids is 1. The number of anilines is 1. The van der Waals surface area contributed by atoms with Gasteiger partial charge in [0.2, 0.25) is 5.91 Å². The van der Waals surface area contributed by atoms with Crippen molar-refractivity contribution < 1.29 is 23.1 Å². The Bertz CT molecular complexity index is 804. The van der Waals surface area contributed by atoms with Crippen molar-refractivity contribution >= 4 is 22.9 Å². The van der Waals surface area contributed by atoms with Gasteiger partial charge in [0.15, 0.2) is 0 Å². The van der Waals surface area contributed by atoms with E-state index in [9.17, 15) is 18.0 Å². The van der Waals surface area contributed by atoms with Crippen molar-refractivity contribution in [2.45, 2.75) is 53.1 Å². The molecule has 1 aliphatic rings. The molecule has 3 rings (SSSR count). The molecule has 1 amide bonds. The number of nitrogens with zero attached hydrogens (tertiary/aromatic N) is 2. The van der Waals surface area contributed by atoms with Crippen LogP contribution in [-0.4, -0.2) is 47.1 Å². The number of hydrogen-bond acceptors (Lipinski definition) is 5. The molecule has 5 nitrogen and oxygen atoms in total. The van der Waals surface area contributed by atoms with Crippen molar-refractivity contribution in [1.82, 2.24) is 9.88 Å². The zero-order valence-electron chi connectivity index (χ0n) is 19.2. The lowest BCUT2D eigenvalue weighted by Crippen LogP contribution is -2.38. The van der Waals surface area contributed by atoms with Gasteiger partial charge in [-0.3, -0.25) is 4.79 Å². The minimum atomic E-state index is -4.35. The van der Waals surface area contributed by atoms with Crippen LogP contribution in [0.2, 0.25) is 0 Å². The third kappa shape index (κ3) is 9.56. The molecule has 32 heavy (non-hydrogen) atoms. The maximum absolute atomic E-state index is 12.9. The van der Waals surface area contributed by atoms with Gasteiger partial charge in [0.25, 0.3) is 0 Å². The van der Waals surface area contributed by atoms with E-state index in [-0.39, 0.29) is 18.2 Å². The minimum absolute atomic E-state index is 0.0591. The van der Waals surface area contributed by atoms with Gasteiger partial charge in [-0.15, -0.1) is 11.3 Å². The Kier molecular flexibility index (Phi) is 12.3. The average molecular weight is 474 g/mol. The molecular weight excluding hydrogens is 439 g/mol. The Morgan fingerprint density at radius 3 is 2.38 bits per heavy atom. The topological polar surface area (TPSA) is 65.5 Å². The Balaban J connectivity index is 0.000000388. The second kappa shape index (κ2) is 14.1. The van der Waals surface area contributed by atoms with Gasteiger partial charge in [0.1, 0.15) is 0 Å². The number of alkyl halides is 3. The second-order valence-corrected chi connectivity index (χ2v) is 8.51. The summed E-state index contributed by atoms with van der Waals surface area (Å²) in [5, 5.41) is 12.5. The highest BCUT2D eigenvalue weighted by atomic mass is 32.1. The molecule has 0 aliphatic carbocycles. The molecule has 1 aromatic heterocycles. The predicted molar refractivity (Wildman–Crippen MR) is 124 cm³/mol. The van der Waals surface area contributed by atoms with Crippen LogP contribution in [0.5, 0.6) is 0 Å². The molecule has 0 atom stereocenters. The summed E-state index contributed by atoms with van der Waals surface area (Å²) in [6, 6.07) is 5.52. The van der Waals surface area contributed by atoms with Gasteiger partial charge in [0.05, 0.1) is 10.6 Å². The SMILES string of the molecule is CC.CC(=O)N1CCC(CNc2ccccc2C(F)(F)F)CC1.Cc1ncc(CCO)s1. The van der Waals surface area contributed by atoms with E-state index in [0.29, 0.717) is 25.6 Å². The van der Waals surface area contributed by atoms with Gasteiger partial charge in [0, 0.05) is 56.3 Å². The largest absolute Gasteiger partial charge is 0.418 e. The van der Waals surface area contributed by atoms with Gasteiger partial charge in [-0.05, 0) is 37.8 Å². The summed E-state index contributed by atoms with van der Waals surface area (Å²) in [6.45, 7) is 9.59. The highest BCUT2D eigenvalue weighted by Gasteiger charge is 2.33. The molecule has 2 heterocycles. The quantitative estimate of drug-likeness (QED) is 0.611. The van der Waals surface area contributed by atoms with E-state index in [1.54, 1.807) is 22.3 Å². The summed E-state index contributed by atoms with van der Waals surface area (Å²) < 4.78 is 38.6. The molecule has 1 aliphatic heterocycles. The molecule has 1 saturated heterocycles. The summed E-state index contributed by atoms with van der Waals surface area (Å²) >= 11 is 1.64. The summed E-state index contributed by atoms with van der Waals surface area (Å²) in [7, 11) is 0. The number of aromatic nitrogens is 1. The molecule has 180 valence electrons. The number of benzene rings is 1. The smallest absolute Gasteiger partial charge is 0.396 e. The van der Waals surface area contributed by atoms with Gasteiger partial charge in [-0.25, -0.2) is 4.98 Å². The number of likely N-dealkylation sites (tertiary alicyclic amines) is 1. The predicted octanol–water partition coefficient (Wildman–Crippen LogP) is 5.39. The third-order valence-electron chi connectivity index (χ3n) is 4.90. The van der Waals surface area contributed by atoms with Crippen LogP contribution >= 0.6 is 11.3 Å². The van der Waals surface area contributed by atoms with E-state index in [4.69, 9.17) is 5.11 Å². The first-order valence-electron chi connectivity index (χ1n) is 10.9. The first kappa shape index (κ1) is 27.9. The monoisotopic (exact) mass is 473 g/mol. The lowest BCUT2D eigenvalue weighted by Gasteiger charge is -2.31. The Labute approximate surface area is 192 Å². The standard InChI is InChI=1S/C15H19F3N2O.C6H9NOS.C2H6/c1-11(21)20-8-6-12(7-9-20)10-19-14-5-3-2-4-13(14)15(16,17)18;1-5-7-4-6(9-5)2-3-8;1-2/h2-5,12,19H,6-10H2,1H3;4,8H,2-3H2,1H3;1-2H3. The molecule has 0 saturated carbocycles. The van der Waals surface area contributed by atoms with Gasteiger partial charge >= 0.3 is 6.18 Å². The van der Waals surface area contributed by atoms with Crippen LogP contribution in [0.15, 0.2) is 30.5 Å². The number of piperidine rings is 1. The molecule has 1 aromatic carbocycles. The van der Waals surface area contributed by atoms with Crippen molar-refractivity contribution in [2.75, 3.05) is 31.6 Å². The molecule has 0 bridgehead atoms. The van der Waals surface area contributed by atoms with Crippen molar-refractivity contribution in [2.24, 2.45) is 5.92 Å².